The molecule has 1 fully saturated rings. The molecule has 3 N–H and O–H groups in total. The first kappa shape index (κ1) is 10.4. The first-order valence-corrected chi connectivity index (χ1v) is 3.89. The van der Waals surface area contributed by atoms with E-state index >= 15 is 0 Å². The second-order valence-corrected chi connectivity index (χ2v) is 2.18. The van der Waals surface area contributed by atoms with Crippen LogP contribution in [-0.2, 0) is 9.63 Å². The Balaban J connectivity index is 0.000000461. The summed E-state index contributed by atoms with van der Waals surface area (Å²) in [5, 5.41) is 0. The molecule has 1 rings (SSSR count). The van der Waals surface area contributed by atoms with Gasteiger partial charge in [0.15, 0.2) is 0 Å². The summed E-state index contributed by atoms with van der Waals surface area (Å²) in [5.74, 6) is -0.461. The van der Waals surface area contributed by atoms with Crippen molar-refractivity contribution >= 4 is 5.91 Å². The number of nitrogens with one attached hydrogen (secondary N) is 1. The average Bonchev–Trinajstić information content (AvgIpc) is 2.39. The van der Waals surface area contributed by atoms with E-state index in [-0.39, 0.29) is 17.9 Å². The molecular weight excluding hydrogens is 144 g/mol. The minimum absolute atomic E-state index is 0.0810. The number of rotatable bonds is 1. The standard InChI is InChI=1S/C5H10N2O2.C2H6/c1-3-4(5(6)8)2-7-9-3;1-2/h3-4,7H,2H2,1H3,(H2,6,8);1-2H3. The predicted octanol–water partition coefficient (Wildman–Crippen LogP) is 0.0374. The molecule has 0 radical (unpaired) electrons. The molecule has 0 saturated carbocycles. The number of hydroxylamine groups is 1. The fraction of sp³-hybridized carbons (Fsp3) is 0.857. The molecule has 1 heterocycles. The van der Waals surface area contributed by atoms with Gasteiger partial charge in [0.05, 0.1) is 12.0 Å². The molecule has 1 saturated heterocycles. The summed E-state index contributed by atoms with van der Waals surface area (Å²) in [6, 6.07) is 0. The van der Waals surface area contributed by atoms with E-state index in [0.717, 1.165) is 0 Å². The highest BCUT2D eigenvalue weighted by molar-refractivity contribution is 5.77. The van der Waals surface area contributed by atoms with E-state index in [2.05, 4.69) is 5.48 Å². The monoisotopic (exact) mass is 160 g/mol. The van der Waals surface area contributed by atoms with Crippen molar-refractivity contribution in [3.63, 3.8) is 0 Å². The van der Waals surface area contributed by atoms with Crippen molar-refractivity contribution in [3.05, 3.63) is 0 Å². The summed E-state index contributed by atoms with van der Waals surface area (Å²) in [6.45, 7) is 6.35. The molecule has 0 aromatic carbocycles. The Bertz CT molecular complexity index is 128. The lowest BCUT2D eigenvalue weighted by molar-refractivity contribution is -0.122. The summed E-state index contributed by atoms with van der Waals surface area (Å²) < 4.78 is 0. The molecule has 0 aromatic rings. The second kappa shape index (κ2) is 5.09. The number of hydrogen-bond acceptors (Lipinski definition) is 3. The summed E-state index contributed by atoms with van der Waals surface area (Å²) in [6.07, 6.45) is -0.0810. The van der Waals surface area contributed by atoms with Gasteiger partial charge in [0.25, 0.3) is 0 Å². The van der Waals surface area contributed by atoms with Crippen molar-refractivity contribution in [2.45, 2.75) is 26.9 Å². The quantitative estimate of drug-likeness (QED) is 0.569. The normalized spacial score (nSPS) is 29.0. The van der Waals surface area contributed by atoms with Gasteiger partial charge in [0.1, 0.15) is 0 Å². The lowest BCUT2D eigenvalue weighted by Crippen LogP contribution is -2.30. The third-order valence-corrected chi connectivity index (χ3v) is 1.50. The van der Waals surface area contributed by atoms with Gasteiger partial charge in [-0.05, 0) is 6.92 Å². The van der Waals surface area contributed by atoms with Gasteiger partial charge < -0.3 is 5.73 Å². The van der Waals surface area contributed by atoms with Gasteiger partial charge in [-0.2, -0.15) is 0 Å². The first-order valence-electron chi connectivity index (χ1n) is 3.89. The Morgan fingerprint density at radius 1 is 1.64 bits per heavy atom. The smallest absolute Gasteiger partial charge is 0.224 e. The van der Waals surface area contributed by atoms with Crippen molar-refractivity contribution < 1.29 is 9.63 Å². The van der Waals surface area contributed by atoms with Gasteiger partial charge in [-0.3, -0.25) is 9.63 Å². The number of carbonyl (C=O) groups excluding carboxylic acids is 1. The fourth-order valence-electron chi connectivity index (χ4n) is 0.849. The second-order valence-electron chi connectivity index (χ2n) is 2.18. The van der Waals surface area contributed by atoms with Crippen molar-refractivity contribution in [2.24, 2.45) is 11.7 Å². The molecule has 11 heavy (non-hydrogen) atoms. The molecule has 1 aliphatic rings. The van der Waals surface area contributed by atoms with E-state index in [4.69, 9.17) is 10.6 Å². The Kier molecular flexibility index (Phi) is 4.81. The van der Waals surface area contributed by atoms with E-state index < -0.39 is 0 Å². The molecule has 0 spiro atoms. The van der Waals surface area contributed by atoms with Gasteiger partial charge >= 0.3 is 0 Å². The lowest BCUT2D eigenvalue weighted by Gasteiger charge is -2.05. The molecule has 2 atom stereocenters. The molecule has 4 heteroatoms. The molecule has 4 nitrogen and oxygen atoms in total. The Morgan fingerprint density at radius 3 is 2.36 bits per heavy atom. The predicted molar refractivity (Wildman–Crippen MR) is 42.6 cm³/mol. The molecule has 1 aliphatic heterocycles. The summed E-state index contributed by atoms with van der Waals surface area (Å²) in [7, 11) is 0. The minimum atomic E-state index is -0.299. The van der Waals surface area contributed by atoms with Gasteiger partial charge in [-0.1, -0.05) is 13.8 Å². The van der Waals surface area contributed by atoms with Crippen molar-refractivity contribution in [1.82, 2.24) is 5.48 Å². The van der Waals surface area contributed by atoms with Crippen LogP contribution in [0.3, 0.4) is 0 Å². The van der Waals surface area contributed by atoms with Gasteiger partial charge in [-0.25, -0.2) is 5.48 Å². The maximum Gasteiger partial charge on any atom is 0.224 e. The van der Waals surface area contributed by atoms with E-state index in [9.17, 15) is 4.79 Å². The summed E-state index contributed by atoms with van der Waals surface area (Å²) in [5.41, 5.74) is 7.63. The van der Waals surface area contributed by atoms with Crippen LogP contribution in [0.2, 0.25) is 0 Å². The van der Waals surface area contributed by atoms with Crippen LogP contribution in [0.4, 0.5) is 0 Å². The maximum absolute atomic E-state index is 10.5. The highest BCUT2D eigenvalue weighted by Crippen LogP contribution is 2.10. The zero-order chi connectivity index (χ0) is 8.85. The zero-order valence-corrected chi connectivity index (χ0v) is 7.26. The molecule has 66 valence electrons. The molecule has 1 amide bonds. The van der Waals surface area contributed by atoms with Crippen LogP contribution in [0.1, 0.15) is 20.8 Å². The van der Waals surface area contributed by atoms with E-state index in [0.29, 0.717) is 6.54 Å². The number of hydrogen-bond donors (Lipinski definition) is 2. The van der Waals surface area contributed by atoms with E-state index in [1.165, 1.54) is 0 Å². The van der Waals surface area contributed by atoms with E-state index in [1.807, 2.05) is 20.8 Å². The highest BCUT2D eigenvalue weighted by atomic mass is 16.7. The van der Waals surface area contributed by atoms with Crippen LogP contribution < -0.4 is 11.2 Å². The zero-order valence-electron chi connectivity index (χ0n) is 7.26. The SMILES string of the molecule is CC.CC1ONCC1C(N)=O. The number of primary amides is 1. The van der Waals surface area contributed by atoms with Gasteiger partial charge in [0.2, 0.25) is 5.91 Å². The molecule has 0 aromatic heterocycles. The molecular formula is C7H16N2O2. The van der Waals surface area contributed by atoms with Crippen molar-refractivity contribution in [2.75, 3.05) is 6.54 Å². The number of nitrogens with two attached hydrogens (primary N) is 1. The topological polar surface area (TPSA) is 64.3 Å². The maximum atomic E-state index is 10.5. The molecule has 0 bridgehead atoms. The van der Waals surface area contributed by atoms with Crippen LogP contribution in [0.5, 0.6) is 0 Å². The Morgan fingerprint density at radius 2 is 2.18 bits per heavy atom. The van der Waals surface area contributed by atoms with Crippen LogP contribution in [0.15, 0.2) is 0 Å². The summed E-state index contributed by atoms with van der Waals surface area (Å²) >= 11 is 0. The van der Waals surface area contributed by atoms with Crippen LogP contribution in [-0.4, -0.2) is 18.6 Å². The highest BCUT2D eigenvalue weighted by Gasteiger charge is 2.28. The lowest BCUT2D eigenvalue weighted by atomic mass is 10.1. The van der Waals surface area contributed by atoms with Gasteiger partial charge in [-0.15, -0.1) is 0 Å². The fourth-order valence-corrected chi connectivity index (χ4v) is 0.849. The Hall–Kier alpha value is -0.610. The summed E-state index contributed by atoms with van der Waals surface area (Å²) in [4.78, 5) is 15.4. The average molecular weight is 160 g/mol. The molecule has 2 unspecified atom stereocenters. The van der Waals surface area contributed by atoms with Crippen LogP contribution in [0, 0.1) is 5.92 Å². The first-order chi connectivity index (χ1) is 5.22. The third-order valence-electron chi connectivity index (χ3n) is 1.50. The number of carbonyl (C=O) groups is 1. The van der Waals surface area contributed by atoms with Crippen molar-refractivity contribution in [1.29, 1.82) is 0 Å². The van der Waals surface area contributed by atoms with Crippen molar-refractivity contribution in [3.8, 4) is 0 Å². The number of amides is 1. The van der Waals surface area contributed by atoms with Gasteiger partial charge in [0, 0.05) is 6.54 Å². The van der Waals surface area contributed by atoms with Crippen LogP contribution in [0.25, 0.3) is 0 Å². The van der Waals surface area contributed by atoms with E-state index in [1.54, 1.807) is 0 Å². The largest absolute Gasteiger partial charge is 0.369 e. The minimum Gasteiger partial charge on any atom is -0.369 e. The van der Waals surface area contributed by atoms with Crippen LogP contribution >= 0.6 is 0 Å². The molecule has 0 aliphatic carbocycles. The Labute approximate surface area is 67.0 Å². The third kappa shape index (κ3) is 2.86.